The van der Waals surface area contributed by atoms with Crippen molar-refractivity contribution in [2.45, 2.75) is 45.0 Å². The molecule has 0 saturated carbocycles. The van der Waals surface area contributed by atoms with Crippen LogP contribution in [0.1, 0.15) is 27.7 Å². The summed E-state index contributed by atoms with van der Waals surface area (Å²) >= 11 is 0. The Bertz CT molecular complexity index is 338. The van der Waals surface area contributed by atoms with Gasteiger partial charge in [-0.3, -0.25) is 0 Å². The quantitative estimate of drug-likeness (QED) is 0.732. The molecular weight excluding hydrogens is 249 g/mol. The summed E-state index contributed by atoms with van der Waals surface area (Å²) in [7, 11) is 0. The van der Waals surface area contributed by atoms with E-state index in [1.54, 1.807) is 20.8 Å². The summed E-state index contributed by atoms with van der Waals surface area (Å²) in [4.78, 5) is 12.7. The Balaban J connectivity index is 2.79. The third-order valence-corrected chi connectivity index (χ3v) is 3.01. The zero-order chi connectivity index (χ0) is 14.4. The van der Waals surface area contributed by atoms with Gasteiger partial charge in [0.15, 0.2) is 0 Å². The van der Waals surface area contributed by atoms with Gasteiger partial charge in [-0.15, -0.1) is 0 Å². The Morgan fingerprint density at radius 2 is 1.89 bits per heavy atom. The fourth-order valence-corrected chi connectivity index (χ4v) is 1.86. The van der Waals surface area contributed by atoms with Gasteiger partial charge in [-0.1, -0.05) is 6.92 Å². The molecule has 4 nitrogen and oxygen atoms in total. The maximum absolute atomic E-state index is 12.9. The van der Waals surface area contributed by atoms with Crippen LogP contribution in [0.3, 0.4) is 0 Å². The second-order valence-electron chi connectivity index (χ2n) is 5.80. The summed E-state index contributed by atoms with van der Waals surface area (Å²) in [5.41, 5.74) is 2.30. The first kappa shape index (κ1) is 15.1. The molecule has 0 bridgehead atoms. The van der Waals surface area contributed by atoms with Crippen LogP contribution in [0.5, 0.6) is 0 Å². The van der Waals surface area contributed by atoms with Crippen molar-refractivity contribution in [2.75, 3.05) is 13.1 Å². The van der Waals surface area contributed by atoms with E-state index in [4.69, 9.17) is 10.5 Å². The van der Waals surface area contributed by atoms with Crippen molar-refractivity contribution in [1.82, 2.24) is 4.90 Å². The summed E-state index contributed by atoms with van der Waals surface area (Å²) < 4.78 is 43.6. The summed E-state index contributed by atoms with van der Waals surface area (Å²) in [6, 6.07) is 0. The van der Waals surface area contributed by atoms with Crippen LogP contribution in [0.2, 0.25) is 0 Å². The van der Waals surface area contributed by atoms with Crippen LogP contribution >= 0.6 is 0 Å². The van der Waals surface area contributed by atoms with Crippen LogP contribution in [0.4, 0.5) is 18.0 Å². The molecule has 106 valence electrons. The molecule has 2 N–H and O–H groups in total. The molecule has 18 heavy (non-hydrogen) atoms. The number of amides is 1. The number of carbonyl (C=O) groups excluding carboxylic acids is 1. The molecule has 0 aromatic heterocycles. The van der Waals surface area contributed by atoms with E-state index in [2.05, 4.69) is 0 Å². The van der Waals surface area contributed by atoms with E-state index in [1.807, 2.05) is 0 Å². The Hall–Kier alpha value is -0.980. The highest BCUT2D eigenvalue weighted by Gasteiger charge is 2.60. The number of alkyl halides is 3. The average Bonchev–Trinajstić information content (AvgIpc) is 2.40. The minimum Gasteiger partial charge on any atom is -0.444 e. The molecule has 1 saturated heterocycles. The van der Waals surface area contributed by atoms with E-state index < -0.39 is 35.9 Å². The Labute approximate surface area is 104 Å². The number of likely N-dealkylation sites (tertiary alicyclic amines) is 1. The van der Waals surface area contributed by atoms with Crippen LogP contribution in [-0.4, -0.2) is 41.4 Å². The SMILES string of the molecule is C[C@H]1CN(C(=O)OC(C)(C)C)C[C@@]1(N)C(F)(F)F. The number of ether oxygens (including phenoxy) is 1. The fraction of sp³-hybridized carbons (Fsp3) is 0.909. The minimum atomic E-state index is -4.54. The van der Waals surface area contributed by atoms with E-state index in [-0.39, 0.29) is 6.54 Å². The molecule has 0 unspecified atom stereocenters. The van der Waals surface area contributed by atoms with Gasteiger partial charge in [0.2, 0.25) is 0 Å². The van der Waals surface area contributed by atoms with Crippen molar-refractivity contribution >= 4 is 6.09 Å². The van der Waals surface area contributed by atoms with E-state index in [1.165, 1.54) is 6.92 Å². The summed E-state index contributed by atoms with van der Waals surface area (Å²) in [5, 5.41) is 0. The molecule has 0 aromatic carbocycles. The van der Waals surface area contributed by atoms with Crippen molar-refractivity contribution in [3.8, 4) is 0 Å². The number of hydrogen-bond donors (Lipinski definition) is 1. The molecule has 0 radical (unpaired) electrons. The van der Waals surface area contributed by atoms with Crippen LogP contribution < -0.4 is 5.73 Å². The molecular formula is C11H19F3N2O2. The van der Waals surface area contributed by atoms with Gasteiger partial charge in [0.1, 0.15) is 11.1 Å². The van der Waals surface area contributed by atoms with E-state index in [0.29, 0.717) is 0 Å². The summed E-state index contributed by atoms with van der Waals surface area (Å²) in [6.07, 6.45) is -5.30. The Morgan fingerprint density at radius 1 is 1.39 bits per heavy atom. The maximum Gasteiger partial charge on any atom is 0.410 e. The molecule has 0 spiro atoms. The van der Waals surface area contributed by atoms with Gasteiger partial charge < -0.3 is 15.4 Å². The predicted octanol–water partition coefficient (Wildman–Crippen LogP) is 2.13. The largest absolute Gasteiger partial charge is 0.444 e. The lowest BCUT2D eigenvalue weighted by molar-refractivity contribution is -0.190. The van der Waals surface area contributed by atoms with Gasteiger partial charge in [0.05, 0.1) is 6.54 Å². The normalized spacial score (nSPS) is 29.6. The van der Waals surface area contributed by atoms with Gasteiger partial charge in [0.25, 0.3) is 0 Å². The first-order valence-electron chi connectivity index (χ1n) is 5.70. The van der Waals surface area contributed by atoms with Gasteiger partial charge in [0, 0.05) is 12.5 Å². The van der Waals surface area contributed by atoms with E-state index in [9.17, 15) is 18.0 Å². The lowest BCUT2D eigenvalue weighted by Gasteiger charge is -2.30. The van der Waals surface area contributed by atoms with E-state index >= 15 is 0 Å². The molecule has 0 aliphatic carbocycles. The summed E-state index contributed by atoms with van der Waals surface area (Å²) in [6.45, 7) is 5.74. The number of carbonyl (C=O) groups is 1. The highest BCUT2D eigenvalue weighted by atomic mass is 19.4. The number of nitrogens with zero attached hydrogens (tertiary/aromatic N) is 1. The standard InChI is InChI=1S/C11H19F3N2O2/c1-7-5-16(8(17)18-9(2,3)4)6-10(7,15)11(12,13)14/h7H,5-6,15H2,1-4H3/t7-,10-/m0/s1. The fourth-order valence-electron chi connectivity index (χ4n) is 1.86. The third-order valence-electron chi connectivity index (χ3n) is 3.01. The molecule has 1 fully saturated rings. The summed E-state index contributed by atoms with van der Waals surface area (Å²) in [5.74, 6) is -0.856. The van der Waals surface area contributed by atoms with Crippen molar-refractivity contribution < 1.29 is 22.7 Å². The Morgan fingerprint density at radius 3 is 2.22 bits per heavy atom. The second-order valence-corrected chi connectivity index (χ2v) is 5.80. The van der Waals surface area contributed by atoms with Gasteiger partial charge in [-0.2, -0.15) is 13.2 Å². The van der Waals surface area contributed by atoms with Crippen LogP contribution in [-0.2, 0) is 4.74 Å². The minimum absolute atomic E-state index is 0.0507. The zero-order valence-corrected chi connectivity index (χ0v) is 11.0. The van der Waals surface area contributed by atoms with Crippen LogP contribution in [0, 0.1) is 5.92 Å². The second kappa shape index (κ2) is 4.29. The lowest BCUT2D eigenvalue weighted by Crippen LogP contribution is -2.59. The highest BCUT2D eigenvalue weighted by molar-refractivity contribution is 5.69. The van der Waals surface area contributed by atoms with Gasteiger partial charge >= 0.3 is 12.3 Å². The lowest BCUT2D eigenvalue weighted by atomic mass is 9.89. The predicted molar refractivity (Wildman–Crippen MR) is 59.9 cm³/mol. The Kier molecular flexibility index (Phi) is 3.60. The maximum atomic E-state index is 12.9. The number of halogens is 3. The number of nitrogens with two attached hydrogens (primary N) is 1. The smallest absolute Gasteiger partial charge is 0.410 e. The number of rotatable bonds is 0. The molecule has 1 rings (SSSR count). The van der Waals surface area contributed by atoms with Gasteiger partial charge in [-0.05, 0) is 20.8 Å². The van der Waals surface area contributed by atoms with Gasteiger partial charge in [-0.25, -0.2) is 4.79 Å². The van der Waals surface area contributed by atoms with Crippen molar-refractivity contribution in [2.24, 2.45) is 11.7 Å². The molecule has 1 amide bonds. The first-order chi connectivity index (χ1) is 7.87. The van der Waals surface area contributed by atoms with E-state index in [0.717, 1.165) is 4.90 Å². The third kappa shape index (κ3) is 2.88. The topological polar surface area (TPSA) is 55.6 Å². The molecule has 2 atom stereocenters. The molecule has 1 heterocycles. The first-order valence-corrected chi connectivity index (χ1v) is 5.70. The van der Waals surface area contributed by atoms with Crippen molar-refractivity contribution in [1.29, 1.82) is 0 Å². The molecule has 1 aliphatic heterocycles. The van der Waals surface area contributed by atoms with Crippen molar-refractivity contribution in [3.63, 3.8) is 0 Å². The molecule has 1 aliphatic rings. The number of hydrogen-bond acceptors (Lipinski definition) is 3. The van der Waals surface area contributed by atoms with Crippen molar-refractivity contribution in [3.05, 3.63) is 0 Å². The van der Waals surface area contributed by atoms with Crippen LogP contribution in [0.25, 0.3) is 0 Å². The zero-order valence-electron chi connectivity index (χ0n) is 11.0. The average molecular weight is 268 g/mol. The molecule has 7 heteroatoms. The molecule has 0 aromatic rings. The monoisotopic (exact) mass is 268 g/mol. The van der Waals surface area contributed by atoms with Crippen LogP contribution in [0.15, 0.2) is 0 Å². The highest BCUT2D eigenvalue weighted by Crippen LogP contribution is 2.39.